The Morgan fingerprint density at radius 3 is 2.42 bits per heavy atom. The molecule has 0 radical (unpaired) electrons. The van der Waals surface area contributed by atoms with Gasteiger partial charge in [0.05, 0.1) is 11.9 Å². The Kier molecular flexibility index (Phi) is 4.04. The Bertz CT molecular complexity index is 534. The normalized spacial score (nSPS) is 22.9. The van der Waals surface area contributed by atoms with Crippen molar-refractivity contribution in [2.75, 3.05) is 16.3 Å². The van der Waals surface area contributed by atoms with Gasteiger partial charge >= 0.3 is 0 Å². The van der Waals surface area contributed by atoms with Crippen LogP contribution >= 0.6 is 0 Å². The topological polar surface area (TPSA) is 58.2 Å². The summed E-state index contributed by atoms with van der Waals surface area (Å²) in [4.78, 5) is 0. The van der Waals surface area contributed by atoms with Crippen molar-refractivity contribution in [3.05, 3.63) is 24.3 Å². The van der Waals surface area contributed by atoms with Crippen LogP contribution in [0.5, 0.6) is 0 Å². The summed E-state index contributed by atoms with van der Waals surface area (Å²) in [5, 5.41) is 3.45. The van der Waals surface area contributed by atoms with Crippen LogP contribution in [-0.4, -0.2) is 20.7 Å². The molecule has 0 unspecified atom stereocenters. The van der Waals surface area contributed by atoms with Crippen LogP contribution in [0.25, 0.3) is 0 Å². The smallest absolute Gasteiger partial charge is 0.229 e. The number of rotatable bonds is 5. The van der Waals surface area contributed by atoms with E-state index in [-0.39, 0.29) is 0 Å². The lowest BCUT2D eigenvalue weighted by Gasteiger charge is -2.39. The standard InChI is InChI=1S/C14H22N2O2S/c1-10(2)11-7-14(8-11)15-12-5-4-6-13(9-12)16-19(3,17)18/h4-6,9-11,14-16H,7-8H2,1-3H3. The first-order valence-electron chi connectivity index (χ1n) is 6.68. The average Bonchev–Trinajstić information content (AvgIpc) is 2.20. The van der Waals surface area contributed by atoms with Crippen LogP contribution in [0.3, 0.4) is 0 Å². The SMILES string of the molecule is CC(C)C1CC(Nc2cccc(NS(C)(=O)=O)c2)C1. The van der Waals surface area contributed by atoms with Gasteiger partial charge in [0.1, 0.15) is 0 Å². The molecule has 1 aromatic rings. The molecule has 1 saturated carbocycles. The molecule has 106 valence electrons. The predicted molar refractivity (Wildman–Crippen MR) is 79.9 cm³/mol. The van der Waals surface area contributed by atoms with E-state index in [2.05, 4.69) is 23.9 Å². The van der Waals surface area contributed by atoms with Gasteiger partial charge in [-0.3, -0.25) is 4.72 Å². The van der Waals surface area contributed by atoms with E-state index in [1.54, 1.807) is 6.07 Å². The summed E-state index contributed by atoms with van der Waals surface area (Å²) in [6.07, 6.45) is 3.55. The van der Waals surface area contributed by atoms with E-state index in [9.17, 15) is 8.42 Å². The zero-order chi connectivity index (χ0) is 14.0. The van der Waals surface area contributed by atoms with Crippen LogP contribution in [0.2, 0.25) is 0 Å². The highest BCUT2D eigenvalue weighted by Crippen LogP contribution is 2.35. The summed E-state index contributed by atoms with van der Waals surface area (Å²) < 4.78 is 24.9. The largest absolute Gasteiger partial charge is 0.382 e. The number of hydrogen-bond donors (Lipinski definition) is 2. The second-order valence-electron chi connectivity index (χ2n) is 5.77. The van der Waals surface area contributed by atoms with Crippen molar-refractivity contribution < 1.29 is 8.42 Å². The van der Waals surface area contributed by atoms with E-state index >= 15 is 0 Å². The fraction of sp³-hybridized carbons (Fsp3) is 0.571. The Morgan fingerprint density at radius 2 is 1.84 bits per heavy atom. The van der Waals surface area contributed by atoms with E-state index in [1.165, 1.54) is 12.8 Å². The monoisotopic (exact) mass is 282 g/mol. The second-order valence-corrected chi connectivity index (χ2v) is 7.52. The summed E-state index contributed by atoms with van der Waals surface area (Å²) in [5.74, 6) is 1.56. The molecule has 0 aliphatic heterocycles. The lowest BCUT2D eigenvalue weighted by Crippen LogP contribution is -2.37. The van der Waals surface area contributed by atoms with E-state index in [1.807, 2.05) is 18.2 Å². The third kappa shape index (κ3) is 4.13. The Morgan fingerprint density at radius 1 is 1.21 bits per heavy atom. The van der Waals surface area contributed by atoms with Gasteiger partial charge < -0.3 is 5.32 Å². The molecule has 2 rings (SSSR count). The third-order valence-electron chi connectivity index (χ3n) is 3.65. The second kappa shape index (κ2) is 5.41. The summed E-state index contributed by atoms with van der Waals surface area (Å²) >= 11 is 0. The lowest BCUT2D eigenvalue weighted by atomic mass is 9.73. The Balaban J connectivity index is 1.93. The summed E-state index contributed by atoms with van der Waals surface area (Å²) in [6.45, 7) is 4.52. The summed E-state index contributed by atoms with van der Waals surface area (Å²) in [5.41, 5.74) is 1.58. The molecule has 0 bridgehead atoms. The van der Waals surface area contributed by atoms with Crippen molar-refractivity contribution in [2.24, 2.45) is 11.8 Å². The molecule has 0 amide bonds. The van der Waals surface area contributed by atoms with Crippen LogP contribution in [-0.2, 0) is 10.0 Å². The number of nitrogens with one attached hydrogen (secondary N) is 2. The number of benzene rings is 1. The quantitative estimate of drug-likeness (QED) is 0.873. The molecule has 1 fully saturated rings. The van der Waals surface area contributed by atoms with Crippen LogP contribution in [0.1, 0.15) is 26.7 Å². The van der Waals surface area contributed by atoms with Crippen LogP contribution < -0.4 is 10.0 Å². The van der Waals surface area contributed by atoms with Gasteiger partial charge in [0, 0.05) is 11.7 Å². The van der Waals surface area contributed by atoms with Crippen molar-refractivity contribution >= 4 is 21.4 Å². The lowest BCUT2D eigenvalue weighted by molar-refractivity contribution is 0.212. The molecule has 0 heterocycles. The van der Waals surface area contributed by atoms with Gasteiger partial charge in [0.15, 0.2) is 0 Å². The molecular formula is C14H22N2O2S. The van der Waals surface area contributed by atoms with E-state index in [0.29, 0.717) is 11.7 Å². The van der Waals surface area contributed by atoms with Crippen molar-refractivity contribution in [3.63, 3.8) is 0 Å². The van der Waals surface area contributed by atoms with Crippen molar-refractivity contribution in [2.45, 2.75) is 32.7 Å². The maximum atomic E-state index is 11.2. The van der Waals surface area contributed by atoms with Gasteiger partial charge in [0.25, 0.3) is 0 Å². The highest BCUT2D eigenvalue weighted by atomic mass is 32.2. The third-order valence-corrected chi connectivity index (χ3v) is 4.26. The molecule has 2 N–H and O–H groups in total. The minimum Gasteiger partial charge on any atom is -0.382 e. The molecule has 5 heteroatoms. The Labute approximate surface area is 115 Å². The molecule has 0 spiro atoms. The molecule has 19 heavy (non-hydrogen) atoms. The fourth-order valence-electron chi connectivity index (χ4n) is 2.45. The molecule has 4 nitrogen and oxygen atoms in total. The van der Waals surface area contributed by atoms with Crippen LogP contribution in [0.4, 0.5) is 11.4 Å². The molecule has 1 aliphatic carbocycles. The van der Waals surface area contributed by atoms with Gasteiger partial charge in [-0.2, -0.15) is 0 Å². The first kappa shape index (κ1) is 14.2. The number of anilines is 2. The summed E-state index contributed by atoms with van der Waals surface area (Å²) in [6, 6.07) is 7.93. The van der Waals surface area contributed by atoms with Gasteiger partial charge in [-0.05, 0) is 42.9 Å². The molecule has 1 aliphatic rings. The maximum absolute atomic E-state index is 11.2. The first-order chi connectivity index (χ1) is 8.83. The minimum absolute atomic E-state index is 0.515. The molecular weight excluding hydrogens is 260 g/mol. The van der Waals surface area contributed by atoms with Gasteiger partial charge in [-0.15, -0.1) is 0 Å². The van der Waals surface area contributed by atoms with Gasteiger partial charge in [-0.25, -0.2) is 8.42 Å². The van der Waals surface area contributed by atoms with Crippen molar-refractivity contribution in [1.82, 2.24) is 0 Å². The van der Waals surface area contributed by atoms with Crippen molar-refractivity contribution in [1.29, 1.82) is 0 Å². The molecule has 0 atom stereocenters. The maximum Gasteiger partial charge on any atom is 0.229 e. The number of sulfonamides is 1. The van der Waals surface area contributed by atoms with E-state index in [0.717, 1.165) is 23.8 Å². The zero-order valence-electron chi connectivity index (χ0n) is 11.7. The predicted octanol–water partition coefficient (Wildman–Crippen LogP) is 2.90. The average molecular weight is 282 g/mol. The van der Waals surface area contributed by atoms with Crippen molar-refractivity contribution in [3.8, 4) is 0 Å². The highest BCUT2D eigenvalue weighted by molar-refractivity contribution is 7.92. The molecule has 1 aromatic carbocycles. The zero-order valence-corrected chi connectivity index (χ0v) is 12.5. The van der Waals surface area contributed by atoms with E-state index in [4.69, 9.17) is 0 Å². The minimum atomic E-state index is -3.21. The van der Waals surface area contributed by atoms with Crippen LogP contribution in [0.15, 0.2) is 24.3 Å². The fourth-order valence-corrected chi connectivity index (χ4v) is 3.00. The highest BCUT2D eigenvalue weighted by Gasteiger charge is 2.30. The molecule has 0 saturated heterocycles. The summed E-state index contributed by atoms with van der Waals surface area (Å²) in [7, 11) is -3.21. The van der Waals surface area contributed by atoms with Gasteiger partial charge in [-0.1, -0.05) is 19.9 Å². The number of hydrogen-bond acceptors (Lipinski definition) is 3. The van der Waals surface area contributed by atoms with Crippen LogP contribution in [0, 0.1) is 11.8 Å². The molecule has 0 aromatic heterocycles. The first-order valence-corrected chi connectivity index (χ1v) is 8.57. The van der Waals surface area contributed by atoms with Gasteiger partial charge in [0.2, 0.25) is 10.0 Å². The Hall–Kier alpha value is -1.23. The van der Waals surface area contributed by atoms with E-state index < -0.39 is 10.0 Å².